The maximum atomic E-state index is 12.4. The zero-order chi connectivity index (χ0) is 19.3. The summed E-state index contributed by atoms with van der Waals surface area (Å²) < 4.78 is 10.8. The lowest BCUT2D eigenvalue weighted by Crippen LogP contribution is -2.20. The van der Waals surface area contributed by atoms with Crippen LogP contribution in [0.4, 0.5) is 16.2 Å². The van der Waals surface area contributed by atoms with Gasteiger partial charge in [0.05, 0.1) is 13.0 Å². The summed E-state index contributed by atoms with van der Waals surface area (Å²) in [6.45, 7) is 2.53. The van der Waals surface area contributed by atoms with Crippen molar-refractivity contribution in [2.24, 2.45) is 0 Å². The highest BCUT2D eigenvalue weighted by Crippen LogP contribution is 2.38. The number of rotatable bonds is 7. The van der Waals surface area contributed by atoms with Gasteiger partial charge < -0.3 is 19.9 Å². The monoisotopic (exact) mass is 378 g/mol. The van der Waals surface area contributed by atoms with Crippen LogP contribution in [0, 0.1) is 0 Å². The van der Waals surface area contributed by atoms with Crippen molar-refractivity contribution < 1.29 is 14.1 Å². The minimum atomic E-state index is -0.319. The fourth-order valence-electron chi connectivity index (χ4n) is 2.89. The summed E-state index contributed by atoms with van der Waals surface area (Å²) in [5, 5.41) is 9.76. The van der Waals surface area contributed by atoms with Gasteiger partial charge in [0.15, 0.2) is 5.82 Å². The lowest BCUT2D eigenvalue weighted by Gasteiger charge is -2.11. The first-order valence-electron chi connectivity index (χ1n) is 9.42. The summed E-state index contributed by atoms with van der Waals surface area (Å²) in [4.78, 5) is 16.9. The van der Waals surface area contributed by atoms with Crippen molar-refractivity contribution in [3.63, 3.8) is 0 Å². The van der Waals surface area contributed by atoms with Gasteiger partial charge in [0, 0.05) is 17.3 Å². The number of carbonyl (C=O) groups excluding carboxylic acids is 1. The first-order valence-corrected chi connectivity index (χ1v) is 9.42. The Morgan fingerprint density at radius 1 is 1.14 bits per heavy atom. The number of anilines is 2. The van der Waals surface area contributed by atoms with Crippen LogP contribution in [-0.4, -0.2) is 22.8 Å². The molecule has 1 aliphatic rings. The molecule has 0 saturated heterocycles. The SMILES string of the molecule is CCOc1ccc(NC(=O)Nc2ccccc2Cc2nc(C3CC3)no2)cc1. The van der Waals surface area contributed by atoms with Crippen molar-refractivity contribution in [1.82, 2.24) is 10.1 Å². The van der Waals surface area contributed by atoms with Crippen LogP contribution in [0.15, 0.2) is 53.1 Å². The topological polar surface area (TPSA) is 89.3 Å². The predicted molar refractivity (Wildman–Crippen MR) is 106 cm³/mol. The Balaban J connectivity index is 1.40. The Morgan fingerprint density at radius 3 is 2.68 bits per heavy atom. The third kappa shape index (κ3) is 4.49. The summed E-state index contributed by atoms with van der Waals surface area (Å²) in [6, 6.07) is 14.5. The highest BCUT2D eigenvalue weighted by molar-refractivity contribution is 6.00. The molecule has 7 nitrogen and oxygen atoms in total. The van der Waals surface area contributed by atoms with Crippen LogP contribution < -0.4 is 15.4 Å². The van der Waals surface area contributed by atoms with Gasteiger partial charge in [-0.05, 0) is 55.7 Å². The van der Waals surface area contributed by atoms with Crippen molar-refractivity contribution in [2.75, 3.05) is 17.2 Å². The summed E-state index contributed by atoms with van der Waals surface area (Å²) in [5.74, 6) is 2.56. The molecule has 2 aromatic carbocycles. The van der Waals surface area contributed by atoms with Gasteiger partial charge in [-0.1, -0.05) is 23.4 Å². The molecule has 1 fully saturated rings. The van der Waals surface area contributed by atoms with Gasteiger partial charge in [-0.3, -0.25) is 0 Å². The molecule has 3 aromatic rings. The molecule has 1 heterocycles. The van der Waals surface area contributed by atoms with E-state index in [2.05, 4.69) is 20.8 Å². The fourth-order valence-corrected chi connectivity index (χ4v) is 2.89. The van der Waals surface area contributed by atoms with E-state index in [9.17, 15) is 4.79 Å². The highest BCUT2D eigenvalue weighted by atomic mass is 16.5. The van der Waals surface area contributed by atoms with E-state index in [-0.39, 0.29) is 6.03 Å². The van der Waals surface area contributed by atoms with Crippen molar-refractivity contribution >= 4 is 17.4 Å². The van der Waals surface area contributed by atoms with Gasteiger partial charge in [0.1, 0.15) is 5.75 Å². The number of benzene rings is 2. The third-order valence-electron chi connectivity index (χ3n) is 4.46. The fraction of sp³-hybridized carbons (Fsp3) is 0.286. The standard InChI is InChI=1S/C21H22N4O3/c1-2-27-17-11-9-16(10-12-17)22-21(26)23-18-6-4-3-5-15(18)13-19-24-20(25-28-19)14-7-8-14/h3-6,9-12,14H,2,7-8,13H2,1H3,(H2,22,23,26). The van der Waals surface area contributed by atoms with Gasteiger partial charge in [0.25, 0.3) is 0 Å². The molecular formula is C21H22N4O3. The van der Waals surface area contributed by atoms with Gasteiger partial charge in [-0.25, -0.2) is 4.79 Å². The number of aromatic nitrogens is 2. The van der Waals surface area contributed by atoms with E-state index in [0.717, 1.165) is 30.0 Å². The third-order valence-corrected chi connectivity index (χ3v) is 4.46. The quantitative estimate of drug-likeness (QED) is 0.628. The minimum absolute atomic E-state index is 0.319. The summed E-state index contributed by atoms with van der Waals surface area (Å²) in [7, 11) is 0. The van der Waals surface area contributed by atoms with Crippen molar-refractivity contribution in [3.05, 3.63) is 65.8 Å². The van der Waals surface area contributed by atoms with E-state index >= 15 is 0 Å². The van der Waals surface area contributed by atoms with Crippen LogP contribution in [0.5, 0.6) is 5.75 Å². The van der Waals surface area contributed by atoms with Crippen LogP contribution in [0.25, 0.3) is 0 Å². The van der Waals surface area contributed by atoms with Crippen LogP contribution in [0.1, 0.15) is 43.0 Å². The Kier molecular flexibility index (Phi) is 5.23. The number of hydrogen-bond acceptors (Lipinski definition) is 5. The predicted octanol–water partition coefficient (Wildman–Crippen LogP) is 4.58. The Labute approximate surface area is 163 Å². The lowest BCUT2D eigenvalue weighted by molar-refractivity contribution is 0.262. The lowest BCUT2D eigenvalue weighted by atomic mass is 10.1. The second-order valence-electron chi connectivity index (χ2n) is 6.69. The van der Waals surface area contributed by atoms with E-state index in [1.165, 1.54) is 0 Å². The number of para-hydroxylation sites is 1. The molecule has 1 aromatic heterocycles. The Hall–Kier alpha value is -3.35. The first-order chi connectivity index (χ1) is 13.7. The summed E-state index contributed by atoms with van der Waals surface area (Å²) in [5.41, 5.74) is 2.30. The Morgan fingerprint density at radius 2 is 1.93 bits per heavy atom. The molecule has 2 amide bonds. The van der Waals surface area contributed by atoms with Crippen molar-refractivity contribution in [2.45, 2.75) is 32.1 Å². The number of urea groups is 1. The van der Waals surface area contributed by atoms with E-state index < -0.39 is 0 Å². The average Bonchev–Trinajstić information content (AvgIpc) is 3.44. The molecule has 0 unspecified atom stereocenters. The number of nitrogens with zero attached hydrogens (tertiary/aromatic N) is 2. The first kappa shape index (κ1) is 18.0. The zero-order valence-corrected chi connectivity index (χ0v) is 15.6. The van der Waals surface area contributed by atoms with Crippen LogP contribution in [0.3, 0.4) is 0 Å². The number of hydrogen-bond donors (Lipinski definition) is 2. The number of nitrogens with one attached hydrogen (secondary N) is 2. The van der Waals surface area contributed by atoms with Gasteiger partial charge in [-0.2, -0.15) is 4.98 Å². The molecular weight excluding hydrogens is 356 g/mol. The average molecular weight is 378 g/mol. The van der Waals surface area contributed by atoms with E-state index in [0.29, 0.717) is 36.2 Å². The highest BCUT2D eigenvalue weighted by Gasteiger charge is 2.28. The van der Waals surface area contributed by atoms with Gasteiger partial charge in [-0.15, -0.1) is 0 Å². The molecule has 1 aliphatic carbocycles. The second-order valence-corrected chi connectivity index (χ2v) is 6.69. The van der Waals surface area contributed by atoms with Crippen LogP contribution in [0.2, 0.25) is 0 Å². The molecule has 1 saturated carbocycles. The molecule has 2 N–H and O–H groups in total. The molecule has 0 bridgehead atoms. The Bertz CT molecular complexity index is 948. The number of amides is 2. The molecule has 0 atom stereocenters. The normalized spacial score (nSPS) is 13.2. The van der Waals surface area contributed by atoms with Gasteiger partial charge >= 0.3 is 6.03 Å². The van der Waals surface area contributed by atoms with E-state index in [1.54, 1.807) is 12.1 Å². The molecule has 28 heavy (non-hydrogen) atoms. The minimum Gasteiger partial charge on any atom is -0.494 e. The summed E-state index contributed by atoms with van der Waals surface area (Å²) >= 11 is 0. The smallest absolute Gasteiger partial charge is 0.323 e. The van der Waals surface area contributed by atoms with E-state index in [1.807, 2.05) is 43.3 Å². The number of carbonyl (C=O) groups is 1. The number of ether oxygens (including phenoxy) is 1. The molecule has 0 aliphatic heterocycles. The van der Waals surface area contributed by atoms with Crippen LogP contribution in [-0.2, 0) is 6.42 Å². The van der Waals surface area contributed by atoms with Crippen LogP contribution >= 0.6 is 0 Å². The maximum absolute atomic E-state index is 12.4. The molecule has 144 valence electrons. The maximum Gasteiger partial charge on any atom is 0.323 e. The molecule has 7 heteroatoms. The molecule has 4 rings (SSSR count). The second kappa shape index (κ2) is 8.12. The largest absolute Gasteiger partial charge is 0.494 e. The molecule has 0 radical (unpaired) electrons. The van der Waals surface area contributed by atoms with Crippen molar-refractivity contribution in [1.29, 1.82) is 0 Å². The zero-order valence-electron chi connectivity index (χ0n) is 15.6. The van der Waals surface area contributed by atoms with Crippen molar-refractivity contribution in [3.8, 4) is 5.75 Å². The van der Waals surface area contributed by atoms with Gasteiger partial charge in [0.2, 0.25) is 5.89 Å². The molecule has 0 spiro atoms. The summed E-state index contributed by atoms with van der Waals surface area (Å²) in [6.07, 6.45) is 2.73. The van der Waals surface area contributed by atoms with E-state index in [4.69, 9.17) is 9.26 Å².